The number of carboxylic acid groups (broad SMARTS) is 1. The molecule has 0 aromatic heterocycles. The number of nitrogens with one attached hydrogen (secondary N) is 1. The van der Waals surface area contributed by atoms with Gasteiger partial charge in [-0.15, -0.1) is 0 Å². The molecule has 0 bridgehead atoms. The first-order chi connectivity index (χ1) is 9.16. The van der Waals surface area contributed by atoms with Gasteiger partial charge in [-0.25, -0.2) is 4.79 Å². The standard InChI is InChI=1S/C15H19NO3/c17-14(16-10-9-11-3-1-2-4-11)12-5-7-13(8-6-12)15(18)19/h5-8,11H,1-4,9-10H2,(H,16,17)(H,18,19). The maximum absolute atomic E-state index is 11.8. The average Bonchev–Trinajstić information content (AvgIpc) is 2.92. The van der Waals surface area contributed by atoms with E-state index in [-0.39, 0.29) is 11.5 Å². The van der Waals surface area contributed by atoms with Gasteiger partial charge in [-0.1, -0.05) is 25.7 Å². The molecule has 1 aromatic carbocycles. The molecule has 0 saturated heterocycles. The summed E-state index contributed by atoms with van der Waals surface area (Å²) in [6.07, 6.45) is 6.23. The van der Waals surface area contributed by atoms with Crippen molar-refractivity contribution < 1.29 is 14.7 Å². The minimum absolute atomic E-state index is 0.130. The second-order valence-corrected chi connectivity index (χ2v) is 5.08. The summed E-state index contributed by atoms with van der Waals surface area (Å²) in [5.41, 5.74) is 0.707. The van der Waals surface area contributed by atoms with E-state index in [0.29, 0.717) is 12.1 Å². The zero-order chi connectivity index (χ0) is 13.7. The van der Waals surface area contributed by atoms with Crippen molar-refractivity contribution in [3.8, 4) is 0 Å². The van der Waals surface area contributed by atoms with Gasteiger partial charge in [0.05, 0.1) is 5.56 Å². The van der Waals surface area contributed by atoms with E-state index in [1.807, 2.05) is 0 Å². The molecule has 1 saturated carbocycles. The lowest BCUT2D eigenvalue weighted by Crippen LogP contribution is -2.25. The maximum atomic E-state index is 11.8. The third kappa shape index (κ3) is 3.81. The largest absolute Gasteiger partial charge is 0.478 e. The third-order valence-electron chi connectivity index (χ3n) is 3.71. The Morgan fingerprint density at radius 3 is 2.26 bits per heavy atom. The number of hydrogen-bond donors (Lipinski definition) is 2. The second-order valence-electron chi connectivity index (χ2n) is 5.08. The molecule has 0 radical (unpaired) electrons. The van der Waals surface area contributed by atoms with Crippen LogP contribution < -0.4 is 5.32 Å². The summed E-state index contributed by atoms with van der Waals surface area (Å²) in [5, 5.41) is 11.7. The average molecular weight is 261 g/mol. The summed E-state index contributed by atoms with van der Waals surface area (Å²) in [5.74, 6) is -0.349. The van der Waals surface area contributed by atoms with Gasteiger partial charge in [-0.2, -0.15) is 0 Å². The van der Waals surface area contributed by atoms with E-state index in [4.69, 9.17) is 5.11 Å². The summed E-state index contributed by atoms with van der Waals surface area (Å²) in [4.78, 5) is 22.5. The fourth-order valence-electron chi connectivity index (χ4n) is 2.56. The van der Waals surface area contributed by atoms with E-state index in [1.54, 1.807) is 12.1 Å². The third-order valence-corrected chi connectivity index (χ3v) is 3.71. The molecule has 1 aliphatic rings. The summed E-state index contributed by atoms with van der Waals surface area (Å²) in [6, 6.07) is 6.01. The summed E-state index contributed by atoms with van der Waals surface area (Å²) in [7, 11) is 0. The molecular formula is C15H19NO3. The summed E-state index contributed by atoms with van der Waals surface area (Å²) in [6.45, 7) is 0.699. The van der Waals surface area contributed by atoms with Gasteiger partial charge >= 0.3 is 5.97 Å². The number of carbonyl (C=O) groups is 2. The number of carboxylic acids is 1. The maximum Gasteiger partial charge on any atom is 0.335 e. The number of amides is 1. The predicted molar refractivity (Wildman–Crippen MR) is 72.3 cm³/mol. The number of hydrogen-bond acceptors (Lipinski definition) is 2. The number of carbonyl (C=O) groups excluding carboxylic acids is 1. The Labute approximate surface area is 112 Å². The zero-order valence-corrected chi connectivity index (χ0v) is 10.9. The number of benzene rings is 1. The van der Waals surface area contributed by atoms with Gasteiger partial charge < -0.3 is 10.4 Å². The van der Waals surface area contributed by atoms with Gasteiger partial charge in [0, 0.05) is 12.1 Å². The molecule has 1 aliphatic carbocycles. The van der Waals surface area contributed by atoms with Gasteiger partial charge in [0.1, 0.15) is 0 Å². The first kappa shape index (κ1) is 13.6. The van der Waals surface area contributed by atoms with Crippen LogP contribution in [0.25, 0.3) is 0 Å². The summed E-state index contributed by atoms with van der Waals surface area (Å²) >= 11 is 0. The molecule has 2 rings (SSSR count). The van der Waals surface area contributed by atoms with Gasteiger partial charge in [0.15, 0.2) is 0 Å². The van der Waals surface area contributed by atoms with Crippen molar-refractivity contribution >= 4 is 11.9 Å². The van der Waals surface area contributed by atoms with Crippen LogP contribution in [0, 0.1) is 5.92 Å². The summed E-state index contributed by atoms with van der Waals surface area (Å²) < 4.78 is 0. The highest BCUT2D eigenvalue weighted by atomic mass is 16.4. The lowest BCUT2D eigenvalue weighted by molar-refractivity contribution is 0.0696. The molecule has 0 aliphatic heterocycles. The second kappa shape index (κ2) is 6.36. The van der Waals surface area contributed by atoms with Crippen LogP contribution in [0.3, 0.4) is 0 Å². The molecule has 1 fully saturated rings. The van der Waals surface area contributed by atoms with Crippen LogP contribution in [0.4, 0.5) is 0 Å². The Morgan fingerprint density at radius 2 is 1.68 bits per heavy atom. The van der Waals surface area contributed by atoms with E-state index in [1.165, 1.54) is 37.8 Å². The fraction of sp³-hybridized carbons (Fsp3) is 0.467. The van der Waals surface area contributed by atoms with Crippen LogP contribution in [0.1, 0.15) is 52.8 Å². The first-order valence-corrected chi connectivity index (χ1v) is 6.78. The molecule has 0 spiro atoms. The lowest BCUT2D eigenvalue weighted by Gasteiger charge is -2.09. The van der Waals surface area contributed by atoms with Crippen molar-refractivity contribution in [1.82, 2.24) is 5.32 Å². The van der Waals surface area contributed by atoms with Crippen molar-refractivity contribution in [1.29, 1.82) is 0 Å². The van der Waals surface area contributed by atoms with Crippen molar-refractivity contribution in [2.24, 2.45) is 5.92 Å². The van der Waals surface area contributed by atoms with Crippen molar-refractivity contribution in [2.75, 3.05) is 6.54 Å². The Morgan fingerprint density at radius 1 is 1.11 bits per heavy atom. The molecule has 19 heavy (non-hydrogen) atoms. The monoisotopic (exact) mass is 261 g/mol. The number of rotatable bonds is 5. The molecule has 1 aromatic rings. The molecule has 4 nitrogen and oxygen atoms in total. The molecule has 102 valence electrons. The number of aromatic carboxylic acids is 1. The molecular weight excluding hydrogens is 242 g/mol. The SMILES string of the molecule is O=C(O)c1ccc(C(=O)NCCC2CCCC2)cc1. The van der Waals surface area contributed by atoms with Crippen LogP contribution in [0.5, 0.6) is 0 Å². The van der Waals surface area contributed by atoms with Crippen LogP contribution in [-0.2, 0) is 0 Å². The van der Waals surface area contributed by atoms with Gasteiger partial charge in [0.2, 0.25) is 0 Å². The zero-order valence-electron chi connectivity index (χ0n) is 10.9. The van der Waals surface area contributed by atoms with Crippen molar-refractivity contribution in [2.45, 2.75) is 32.1 Å². The Balaban J connectivity index is 1.80. The first-order valence-electron chi connectivity index (χ1n) is 6.78. The quantitative estimate of drug-likeness (QED) is 0.856. The topological polar surface area (TPSA) is 66.4 Å². The van der Waals surface area contributed by atoms with Gasteiger partial charge in [0.25, 0.3) is 5.91 Å². The van der Waals surface area contributed by atoms with Crippen LogP contribution in [-0.4, -0.2) is 23.5 Å². The predicted octanol–water partition coefficient (Wildman–Crippen LogP) is 2.69. The smallest absolute Gasteiger partial charge is 0.335 e. The molecule has 0 unspecified atom stereocenters. The van der Waals surface area contributed by atoms with E-state index in [9.17, 15) is 9.59 Å². The minimum atomic E-state index is -0.979. The van der Waals surface area contributed by atoms with Gasteiger partial charge in [-0.05, 0) is 36.6 Å². The van der Waals surface area contributed by atoms with Crippen LogP contribution >= 0.6 is 0 Å². The van der Waals surface area contributed by atoms with Gasteiger partial charge in [-0.3, -0.25) is 4.79 Å². The lowest BCUT2D eigenvalue weighted by atomic mass is 10.0. The Bertz CT molecular complexity index is 447. The van der Waals surface area contributed by atoms with Crippen molar-refractivity contribution in [3.63, 3.8) is 0 Å². The molecule has 4 heteroatoms. The normalized spacial score (nSPS) is 15.4. The van der Waals surface area contributed by atoms with E-state index in [2.05, 4.69) is 5.32 Å². The fourth-order valence-corrected chi connectivity index (χ4v) is 2.56. The van der Waals surface area contributed by atoms with Crippen LogP contribution in [0.2, 0.25) is 0 Å². The minimum Gasteiger partial charge on any atom is -0.478 e. The Hall–Kier alpha value is -1.84. The van der Waals surface area contributed by atoms with Crippen LogP contribution in [0.15, 0.2) is 24.3 Å². The molecule has 2 N–H and O–H groups in total. The van der Waals surface area contributed by atoms with E-state index < -0.39 is 5.97 Å². The highest BCUT2D eigenvalue weighted by Gasteiger charge is 2.15. The van der Waals surface area contributed by atoms with E-state index in [0.717, 1.165) is 12.3 Å². The molecule has 0 heterocycles. The van der Waals surface area contributed by atoms with E-state index >= 15 is 0 Å². The van der Waals surface area contributed by atoms with Crippen molar-refractivity contribution in [3.05, 3.63) is 35.4 Å². The molecule has 0 atom stereocenters. The molecule has 1 amide bonds. The Kier molecular flexibility index (Phi) is 4.55. The highest BCUT2D eigenvalue weighted by molar-refractivity contribution is 5.95. The highest BCUT2D eigenvalue weighted by Crippen LogP contribution is 2.26.